The molecule has 2 aromatic rings. The molecule has 1 unspecified atom stereocenters. The normalized spacial score (nSPS) is 12.6. The van der Waals surface area contributed by atoms with Crippen molar-refractivity contribution in [3.05, 3.63) is 48.3 Å². The van der Waals surface area contributed by atoms with Crippen molar-refractivity contribution >= 4 is 0 Å². The van der Waals surface area contributed by atoms with Gasteiger partial charge < -0.3 is 4.84 Å². The molecule has 0 saturated heterocycles. The van der Waals surface area contributed by atoms with E-state index in [-0.39, 0.29) is 6.04 Å². The molecule has 0 amide bonds. The second-order valence-electron chi connectivity index (χ2n) is 3.60. The van der Waals surface area contributed by atoms with E-state index in [1.807, 2.05) is 54.3 Å². The van der Waals surface area contributed by atoms with Gasteiger partial charge in [0, 0.05) is 11.8 Å². The zero-order valence-corrected chi connectivity index (χ0v) is 9.42. The summed E-state index contributed by atoms with van der Waals surface area (Å²) in [4.78, 5) is 4.89. The third kappa shape index (κ3) is 2.29. The first-order chi connectivity index (χ1) is 7.81. The van der Waals surface area contributed by atoms with Gasteiger partial charge in [-0.3, -0.25) is 0 Å². The molecule has 0 spiro atoms. The van der Waals surface area contributed by atoms with E-state index >= 15 is 0 Å². The third-order valence-corrected chi connectivity index (χ3v) is 2.42. The van der Waals surface area contributed by atoms with Crippen molar-refractivity contribution < 1.29 is 4.84 Å². The molecule has 0 aliphatic carbocycles. The second kappa shape index (κ2) is 4.92. The minimum atomic E-state index is 0.127. The largest absolute Gasteiger partial charge is 0.305 e. The second-order valence-corrected chi connectivity index (χ2v) is 3.60. The van der Waals surface area contributed by atoms with Gasteiger partial charge in [0.2, 0.25) is 0 Å². The first-order valence-electron chi connectivity index (χ1n) is 5.20. The Morgan fingerprint density at radius 3 is 2.75 bits per heavy atom. The van der Waals surface area contributed by atoms with Gasteiger partial charge in [-0.25, -0.2) is 4.68 Å². The molecule has 1 heterocycles. The van der Waals surface area contributed by atoms with E-state index < -0.39 is 0 Å². The number of benzene rings is 1. The zero-order chi connectivity index (χ0) is 11.4. The van der Waals surface area contributed by atoms with E-state index in [9.17, 15) is 0 Å². The van der Waals surface area contributed by atoms with Crippen LogP contribution in [0.1, 0.15) is 18.5 Å². The fourth-order valence-corrected chi connectivity index (χ4v) is 1.53. The number of hydroxylamine groups is 1. The predicted molar refractivity (Wildman–Crippen MR) is 62.1 cm³/mol. The third-order valence-electron chi connectivity index (χ3n) is 2.42. The van der Waals surface area contributed by atoms with Crippen molar-refractivity contribution in [3.63, 3.8) is 0 Å². The molecule has 1 N–H and O–H groups in total. The van der Waals surface area contributed by atoms with E-state index in [1.54, 1.807) is 7.11 Å². The van der Waals surface area contributed by atoms with Gasteiger partial charge in [-0.2, -0.15) is 10.6 Å². The quantitative estimate of drug-likeness (QED) is 0.797. The predicted octanol–water partition coefficient (Wildman–Crippen LogP) is 2.08. The molecule has 0 radical (unpaired) electrons. The van der Waals surface area contributed by atoms with E-state index in [0.717, 1.165) is 11.3 Å². The Morgan fingerprint density at radius 1 is 1.31 bits per heavy atom. The maximum absolute atomic E-state index is 4.89. The lowest BCUT2D eigenvalue weighted by Gasteiger charge is -2.08. The van der Waals surface area contributed by atoms with Crippen LogP contribution in [0.3, 0.4) is 0 Å². The van der Waals surface area contributed by atoms with Crippen molar-refractivity contribution in [3.8, 4) is 5.69 Å². The van der Waals surface area contributed by atoms with Gasteiger partial charge in [-0.05, 0) is 19.1 Å². The van der Waals surface area contributed by atoms with Crippen LogP contribution in [0, 0.1) is 0 Å². The fourth-order valence-electron chi connectivity index (χ4n) is 1.53. The summed E-state index contributed by atoms with van der Waals surface area (Å²) in [5.74, 6) is 0. The topological polar surface area (TPSA) is 39.1 Å². The summed E-state index contributed by atoms with van der Waals surface area (Å²) in [7, 11) is 1.61. The average Bonchev–Trinajstić information content (AvgIpc) is 2.80. The van der Waals surface area contributed by atoms with E-state index in [0.29, 0.717) is 0 Å². The highest BCUT2D eigenvalue weighted by Crippen LogP contribution is 2.13. The standard InChI is InChI=1S/C12H15N3O/c1-10(14-16-2)11-8-13-15(9-11)12-6-4-3-5-7-12/h3-10,14H,1-2H3. The van der Waals surface area contributed by atoms with Crippen molar-refractivity contribution in [2.45, 2.75) is 13.0 Å². The molecular formula is C12H15N3O. The lowest BCUT2D eigenvalue weighted by atomic mass is 10.2. The maximum Gasteiger partial charge on any atom is 0.0645 e. The highest BCUT2D eigenvalue weighted by atomic mass is 16.6. The lowest BCUT2D eigenvalue weighted by molar-refractivity contribution is 0.0658. The first-order valence-corrected chi connectivity index (χ1v) is 5.20. The molecule has 0 fully saturated rings. The summed E-state index contributed by atoms with van der Waals surface area (Å²) in [6.45, 7) is 2.02. The van der Waals surface area contributed by atoms with Gasteiger partial charge in [0.1, 0.15) is 0 Å². The Balaban J connectivity index is 2.20. The number of nitrogens with zero attached hydrogens (tertiary/aromatic N) is 2. The SMILES string of the molecule is CONC(C)c1cnn(-c2ccccc2)c1. The maximum atomic E-state index is 4.89. The number of nitrogens with one attached hydrogen (secondary N) is 1. The summed E-state index contributed by atoms with van der Waals surface area (Å²) in [5.41, 5.74) is 5.02. The molecule has 1 atom stereocenters. The van der Waals surface area contributed by atoms with Gasteiger partial charge in [0.15, 0.2) is 0 Å². The molecule has 4 heteroatoms. The van der Waals surface area contributed by atoms with Crippen molar-refractivity contribution in [1.82, 2.24) is 15.3 Å². The average molecular weight is 217 g/mol. The summed E-state index contributed by atoms with van der Waals surface area (Å²) in [6.07, 6.45) is 3.83. The minimum absolute atomic E-state index is 0.127. The van der Waals surface area contributed by atoms with Crippen LogP contribution >= 0.6 is 0 Å². The molecule has 0 saturated carbocycles. The van der Waals surface area contributed by atoms with E-state index in [4.69, 9.17) is 4.84 Å². The number of rotatable bonds is 4. The Hall–Kier alpha value is -1.65. The molecule has 0 bridgehead atoms. The van der Waals surface area contributed by atoms with Crippen molar-refractivity contribution in [1.29, 1.82) is 0 Å². The van der Waals surface area contributed by atoms with Crippen LogP contribution in [0.4, 0.5) is 0 Å². The van der Waals surface area contributed by atoms with Gasteiger partial charge in [0.05, 0.1) is 25.0 Å². The van der Waals surface area contributed by atoms with Gasteiger partial charge in [-0.1, -0.05) is 18.2 Å². The zero-order valence-electron chi connectivity index (χ0n) is 9.42. The molecule has 4 nitrogen and oxygen atoms in total. The number of para-hydroxylation sites is 1. The summed E-state index contributed by atoms with van der Waals surface area (Å²) < 4.78 is 1.85. The van der Waals surface area contributed by atoms with Gasteiger partial charge >= 0.3 is 0 Å². The molecule has 0 aliphatic rings. The van der Waals surface area contributed by atoms with Crippen molar-refractivity contribution in [2.75, 3.05) is 7.11 Å². The number of hydrogen-bond acceptors (Lipinski definition) is 3. The lowest BCUT2D eigenvalue weighted by Crippen LogP contribution is -2.16. The van der Waals surface area contributed by atoms with E-state index in [2.05, 4.69) is 10.6 Å². The highest BCUT2D eigenvalue weighted by Gasteiger charge is 2.07. The smallest absolute Gasteiger partial charge is 0.0645 e. The van der Waals surface area contributed by atoms with Gasteiger partial charge in [-0.15, -0.1) is 0 Å². The summed E-state index contributed by atoms with van der Waals surface area (Å²) in [6, 6.07) is 10.1. The monoisotopic (exact) mass is 217 g/mol. The molecule has 1 aromatic heterocycles. The van der Waals surface area contributed by atoms with Crippen LogP contribution in [0.2, 0.25) is 0 Å². The van der Waals surface area contributed by atoms with Crippen LogP contribution < -0.4 is 5.48 Å². The molecule has 0 aliphatic heterocycles. The Kier molecular flexibility index (Phi) is 3.34. The van der Waals surface area contributed by atoms with Crippen LogP contribution in [0.5, 0.6) is 0 Å². The molecular weight excluding hydrogens is 202 g/mol. The molecule has 1 aromatic carbocycles. The summed E-state index contributed by atoms with van der Waals surface area (Å²) in [5, 5.41) is 4.31. The van der Waals surface area contributed by atoms with Crippen molar-refractivity contribution in [2.24, 2.45) is 0 Å². The first kappa shape index (κ1) is 10.9. The number of aromatic nitrogens is 2. The summed E-state index contributed by atoms with van der Waals surface area (Å²) >= 11 is 0. The van der Waals surface area contributed by atoms with Crippen LogP contribution in [0.15, 0.2) is 42.7 Å². The Labute approximate surface area is 94.8 Å². The minimum Gasteiger partial charge on any atom is -0.305 e. The Bertz CT molecular complexity index is 439. The Morgan fingerprint density at radius 2 is 2.06 bits per heavy atom. The van der Waals surface area contributed by atoms with Gasteiger partial charge in [0.25, 0.3) is 0 Å². The molecule has 2 rings (SSSR count). The molecule has 16 heavy (non-hydrogen) atoms. The van der Waals surface area contributed by atoms with Crippen LogP contribution in [-0.4, -0.2) is 16.9 Å². The highest BCUT2D eigenvalue weighted by molar-refractivity contribution is 5.31. The fraction of sp³-hybridized carbons (Fsp3) is 0.250. The van der Waals surface area contributed by atoms with Crippen LogP contribution in [-0.2, 0) is 4.84 Å². The van der Waals surface area contributed by atoms with Crippen LogP contribution in [0.25, 0.3) is 5.69 Å². The molecule has 84 valence electrons. The number of hydrogen-bond donors (Lipinski definition) is 1. The van der Waals surface area contributed by atoms with E-state index in [1.165, 1.54) is 0 Å².